The Balaban J connectivity index is 1.86. The van der Waals surface area contributed by atoms with Gasteiger partial charge in [-0.25, -0.2) is 0 Å². The van der Waals surface area contributed by atoms with Crippen LogP contribution in [-0.2, 0) is 0 Å². The van der Waals surface area contributed by atoms with E-state index in [-0.39, 0.29) is 0 Å². The molecule has 1 saturated heterocycles. The van der Waals surface area contributed by atoms with Crippen LogP contribution in [0.3, 0.4) is 0 Å². The van der Waals surface area contributed by atoms with Gasteiger partial charge in [0, 0.05) is 25.2 Å². The van der Waals surface area contributed by atoms with Crippen LogP contribution in [0.25, 0.3) is 0 Å². The molecule has 0 aromatic rings. The Morgan fingerprint density at radius 2 is 1.83 bits per heavy atom. The van der Waals surface area contributed by atoms with Gasteiger partial charge in [-0.15, -0.1) is 0 Å². The highest BCUT2D eigenvalue weighted by atomic mass is 15.2. The maximum Gasteiger partial charge on any atom is 0.0244 e. The van der Waals surface area contributed by atoms with Crippen LogP contribution in [0.2, 0.25) is 0 Å². The van der Waals surface area contributed by atoms with Crippen molar-refractivity contribution in [3.63, 3.8) is 0 Å². The van der Waals surface area contributed by atoms with E-state index in [1.807, 2.05) is 0 Å². The minimum Gasteiger partial charge on any atom is -0.311 e. The fraction of sp³-hybridized carbons (Fsp3) is 1.00. The molecule has 18 heavy (non-hydrogen) atoms. The van der Waals surface area contributed by atoms with Crippen molar-refractivity contribution < 1.29 is 0 Å². The highest BCUT2D eigenvalue weighted by molar-refractivity contribution is 4.89. The molecule has 1 aliphatic heterocycles. The Kier molecular flexibility index (Phi) is 5.08. The zero-order valence-electron chi connectivity index (χ0n) is 12.8. The van der Waals surface area contributed by atoms with Crippen molar-refractivity contribution in [2.75, 3.05) is 19.6 Å². The fourth-order valence-corrected chi connectivity index (χ4v) is 3.34. The van der Waals surface area contributed by atoms with Crippen LogP contribution >= 0.6 is 0 Å². The van der Waals surface area contributed by atoms with Crippen molar-refractivity contribution in [1.29, 1.82) is 0 Å². The molecule has 2 rings (SSSR count). The molecule has 1 N–H and O–H groups in total. The molecule has 0 bridgehead atoms. The van der Waals surface area contributed by atoms with Crippen LogP contribution < -0.4 is 5.32 Å². The molecule has 0 aromatic carbocycles. The monoisotopic (exact) mass is 252 g/mol. The summed E-state index contributed by atoms with van der Waals surface area (Å²) in [5.74, 6) is 2.57. The van der Waals surface area contributed by atoms with Gasteiger partial charge in [-0.2, -0.15) is 0 Å². The second kappa shape index (κ2) is 6.38. The molecule has 0 amide bonds. The Hall–Kier alpha value is -0.0800. The smallest absolute Gasteiger partial charge is 0.0244 e. The molecular weight excluding hydrogens is 220 g/mol. The fourth-order valence-electron chi connectivity index (χ4n) is 3.34. The number of hydrogen-bond donors (Lipinski definition) is 1. The summed E-state index contributed by atoms with van der Waals surface area (Å²) < 4.78 is 0. The van der Waals surface area contributed by atoms with Crippen molar-refractivity contribution in [2.24, 2.45) is 17.8 Å². The molecule has 2 aliphatic rings. The SMILES string of the molecule is CC(C)C1CN(CCC2CCC2)C(C(C)C)CN1. The summed E-state index contributed by atoms with van der Waals surface area (Å²) in [5, 5.41) is 3.75. The lowest BCUT2D eigenvalue weighted by molar-refractivity contribution is 0.0744. The van der Waals surface area contributed by atoms with E-state index in [9.17, 15) is 0 Å². The first-order valence-corrected chi connectivity index (χ1v) is 8.05. The summed E-state index contributed by atoms with van der Waals surface area (Å²) in [6.07, 6.45) is 5.90. The van der Waals surface area contributed by atoms with E-state index in [2.05, 4.69) is 37.9 Å². The van der Waals surface area contributed by atoms with Crippen molar-refractivity contribution in [3.05, 3.63) is 0 Å². The van der Waals surface area contributed by atoms with Gasteiger partial charge in [-0.1, -0.05) is 47.0 Å². The van der Waals surface area contributed by atoms with Crippen LogP contribution in [0.4, 0.5) is 0 Å². The second-order valence-corrected chi connectivity index (χ2v) is 7.15. The standard InChI is InChI=1S/C16H32N2/c1-12(2)15-11-18(9-8-14-6-5-7-14)16(10-17-15)13(3)4/h12-17H,5-11H2,1-4H3. The molecule has 1 aliphatic carbocycles. The Morgan fingerprint density at radius 1 is 1.11 bits per heavy atom. The van der Waals surface area contributed by atoms with E-state index in [1.165, 1.54) is 45.3 Å². The third kappa shape index (κ3) is 3.48. The first-order valence-electron chi connectivity index (χ1n) is 8.05. The molecule has 2 unspecified atom stereocenters. The molecule has 1 heterocycles. The maximum atomic E-state index is 3.75. The van der Waals surface area contributed by atoms with Crippen LogP contribution in [-0.4, -0.2) is 36.6 Å². The minimum absolute atomic E-state index is 0.696. The summed E-state index contributed by atoms with van der Waals surface area (Å²) in [6.45, 7) is 13.2. The van der Waals surface area contributed by atoms with E-state index in [0.29, 0.717) is 6.04 Å². The normalized spacial score (nSPS) is 31.0. The lowest BCUT2D eigenvalue weighted by atomic mass is 9.82. The zero-order valence-corrected chi connectivity index (χ0v) is 12.8. The van der Waals surface area contributed by atoms with Crippen LogP contribution in [0.1, 0.15) is 53.4 Å². The molecule has 2 atom stereocenters. The lowest BCUT2D eigenvalue weighted by Crippen LogP contribution is -2.59. The van der Waals surface area contributed by atoms with Gasteiger partial charge in [0.25, 0.3) is 0 Å². The largest absolute Gasteiger partial charge is 0.311 e. The van der Waals surface area contributed by atoms with Crippen LogP contribution in [0.5, 0.6) is 0 Å². The minimum atomic E-state index is 0.696. The van der Waals surface area contributed by atoms with Gasteiger partial charge in [0.2, 0.25) is 0 Å². The lowest BCUT2D eigenvalue weighted by Gasteiger charge is -2.44. The molecule has 0 radical (unpaired) electrons. The third-order valence-electron chi connectivity index (χ3n) is 5.11. The van der Waals surface area contributed by atoms with Gasteiger partial charge >= 0.3 is 0 Å². The number of hydrogen-bond acceptors (Lipinski definition) is 2. The third-order valence-corrected chi connectivity index (χ3v) is 5.11. The quantitative estimate of drug-likeness (QED) is 0.809. The molecule has 1 saturated carbocycles. The summed E-state index contributed by atoms with van der Waals surface area (Å²) >= 11 is 0. The Morgan fingerprint density at radius 3 is 2.33 bits per heavy atom. The number of piperazine rings is 1. The van der Waals surface area contributed by atoms with Crippen molar-refractivity contribution in [2.45, 2.75) is 65.5 Å². The van der Waals surface area contributed by atoms with Gasteiger partial charge in [-0.05, 0) is 30.7 Å². The highest BCUT2D eigenvalue weighted by Crippen LogP contribution is 2.30. The van der Waals surface area contributed by atoms with E-state index in [1.54, 1.807) is 0 Å². The van der Waals surface area contributed by atoms with Crippen LogP contribution in [0.15, 0.2) is 0 Å². The Labute approximate surface area is 114 Å². The summed E-state index contributed by atoms with van der Waals surface area (Å²) in [5.41, 5.74) is 0. The molecule has 0 spiro atoms. The highest BCUT2D eigenvalue weighted by Gasteiger charge is 2.31. The molecule has 0 aromatic heterocycles. The summed E-state index contributed by atoms with van der Waals surface area (Å²) in [4.78, 5) is 2.78. The average Bonchev–Trinajstić information content (AvgIpc) is 2.26. The van der Waals surface area contributed by atoms with Crippen molar-refractivity contribution in [1.82, 2.24) is 10.2 Å². The molecule has 106 valence electrons. The van der Waals surface area contributed by atoms with E-state index in [0.717, 1.165) is 23.8 Å². The predicted octanol–water partition coefficient (Wildman–Crippen LogP) is 3.13. The van der Waals surface area contributed by atoms with Gasteiger partial charge in [-0.3, -0.25) is 4.90 Å². The topological polar surface area (TPSA) is 15.3 Å². The maximum absolute atomic E-state index is 3.75. The summed E-state index contributed by atoms with van der Waals surface area (Å²) in [7, 11) is 0. The van der Waals surface area contributed by atoms with Crippen molar-refractivity contribution in [3.8, 4) is 0 Å². The molecule has 2 heteroatoms. The van der Waals surface area contributed by atoms with E-state index in [4.69, 9.17) is 0 Å². The van der Waals surface area contributed by atoms with E-state index < -0.39 is 0 Å². The van der Waals surface area contributed by atoms with Gasteiger partial charge < -0.3 is 5.32 Å². The van der Waals surface area contributed by atoms with Gasteiger partial charge in [0.05, 0.1) is 0 Å². The predicted molar refractivity (Wildman–Crippen MR) is 78.8 cm³/mol. The molecular formula is C16H32N2. The second-order valence-electron chi connectivity index (χ2n) is 7.15. The van der Waals surface area contributed by atoms with Gasteiger partial charge in [0.15, 0.2) is 0 Å². The Bertz CT molecular complexity index is 245. The zero-order chi connectivity index (χ0) is 13.1. The number of rotatable bonds is 5. The molecule has 2 nitrogen and oxygen atoms in total. The molecule has 2 fully saturated rings. The average molecular weight is 252 g/mol. The van der Waals surface area contributed by atoms with E-state index >= 15 is 0 Å². The van der Waals surface area contributed by atoms with Crippen molar-refractivity contribution >= 4 is 0 Å². The first-order chi connectivity index (χ1) is 8.58. The number of nitrogens with one attached hydrogen (secondary N) is 1. The first kappa shape index (κ1) is 14.3. The van der Waals surface area contributed by atoms with Crippen LogP contribution in [0, 0.1) is 17.8 Å². The number of nitrogens with zero attached hydrogens (tertiary/aromatic N) is 1. The summed E-state index contributed by atoms with van der Waals surface area (Å²) in [6, 6.07) is 1.45. The van der Waals surface area contributed by atoms with Gasteiger partial charge in [0.1, 0.15) is 0 Å².